The average Bonchev–Trinajstić information content (AvgIpc) is 2.25. The lowest BCUT2D eigenvalue weighted by Crippen LogP contribution is -2.18. The van der Waals surface area contributed by atoms with Gasteiger partial charge in [0.25, 0.3) is 0 Å². The molecule has 2 nitrogen and oxygen atoms in total. The molecular formula is C13H26O2. The van der Waals surface area contributed by atoms with Gasteiger partial charge in [0.05, 0.1) is 6.61 Å². The van der Waals surface area contributed by atoms with Gasteiger partial charge in [-0.25, -0.2) is 0 Å². The predicted octanol–water partition coefficient (Wildman–Crippen LogP) is 3.32. The first kappa shape index (κ1) is 14.6. The number of unbranched alkanes of at least 4 members (excludes halogenated alkanes) is 4. The Bertz CT molecular complexity index is 155. The van der Waals surface area contributed by atoms with Crippen LogP contribution in [-0.4, -0.2) is 17.5 Å². The van der Waals surface area contributed by atoms with Gasteiger partial charge in [0.15, 0.2) is 0 Å². The SMILES string of the molecule is CCCCCCC(=O)C(CO)CCCC. The molecule has 15 heavy (non-hydrogen) atoms. The van der Waals surface area contributed by atoms with E-state index in [1.54, 1.807) is 0 Å². The standard InChI is InChI=1S/C13H26O2/c1-3-5-7-8-10-13(15)12(11-14)9-6-4-2/h12,14H,3-11H2,1-2H3. The monoisotopic (exact) mass is 214 g/mol. The zero-order valence-electron chi connectivity index (χ0n) is 10.3. The lowest BCUT2D eigenvalue weighted by Gasteiger charge is -2.11. The first-order chi connectivity index (χ1) is 7.26. The minimum absolute atomic E-state index is 0.0343. The quantitative estimate of drug-likeness (QED) is 0.566. The fourth-order valence-corrected chi connectivity index (χ4v) is 1.73. The number of rotatable bonds is 10. The predicted molar refractivity (Wildman–Crippen MR) is 63.9 cm³/mol. The Kier molecular flexibility index (Phi) is 9.91. The van der Waals surface area contributed by atoms with Crippen molar-refractivity contribution in [3.63, 3.8) is 0 Å². The third-order valence-electron chi connectivity index (χ3n) is 2.86. The zero-order valence-corrected chi connectivity index (χ0v) is 10.3. The van der Waals surface area contributed by atoms with Crippen LogP contribution in [0.3, 0.4) is 0 Å². The molecule has 1 atom stereocenters. The maximum atomic E-state index is 11.7. The first-order valence-corrected chi connectivity index (χ1v) is 6.39. The van der Waals surface area contributed by atoms with Gasteiger partial charge in [0.1, 0.15) is 5.78 Å². The maximum Gasteiger partial charge on any atom is 0.138 e. The van der Waals surface area contributed by atoms with Gasteiger partial charge in [0.2, 0.25) is 0 Å². The molecule has 0 aromatic rings. The third kappa shape index (κ3) is 7.55. The minimum atomic E-state index is -0.0911. The molecule has 0 aromatic carbocycles. The Morgan fingerprint density at radius 1 is 1.07 bits per heavy atom. The van der Waals surface area contributed by atoms with E-state index in [4.69, 9.17) is 5.11 Å². The van der Waals surface area contributed by atoms with Crippen LogP contribution in [0.5, 0.6) is 0 Å². The summed E-state index contributed by atoms with van der Waals surface area (Å²) in [5.74, 6) is 0.175. The van der Waals surface area contributed by atoms with Gasteiger partial charge in [-0.1, -0.05) is 46.0 Å². The average molecular weight is 214 g/mol. The summed E-state index contributed by atoms with van der Waals surface area (Å²) >= 11 is 0. The topological polar surface area (TPSA) is 37.3 Å². The Morgan fingerprint density at radius 3 is 2.27 bits per heavy atom. The highest BCUT2D eigenvalue weighted by molar-refractivity contribution is 5.81. The van der Waals surface area contributed by atoms with Crippen molar-refractivity contribution < 1.29 is 9.90 Å². The minimum Gasteiger partial charge on any atom is -0.396 e. The maximum absolute atomic E-state index is 11.7. The van der Waals surface area contributed by atoms with Crippen molar-refractivity contribution in [2.75, 3.05) is 6.61 Å². The van der Waals surface area contributed by atoms with Crippen LogP contribution in [0.25, 0.3) is 0 Å². The van der Waals surface area contributed by atoms with Crippen LogP contribution in [0.2, 0.25) is 0 Å². The van der Waals surface area contributed by atoms with Gasteiger partial charge in [-0.05, 0) is 12.8 Å². The van der Waals surface area contributed by atoms with Crippen LogP contribution in [0.1, 0.15) is 65.2 Å². The van der Waals surface area contributed by atoms with Gasteiger partial charge >= 0.3 is 0 Å². The second-order valence-electron chi connectivity index (χ2n) is 4.30. The molecule has 0 aliphatic rings. The number of carbonyl (C=O) groups excluding carboxylic acids is 1. The van der Waals surface area contributed by atoms with Gasteiger partial charge in [-0.2, -0.15) is 0 Å². The highest BCUT2D eigenvalue weighted by atomic mass is 16.3. The van der Waals surface area contributed by atoms with Crippen molar-refractivity contribution in [1.82, 2.24) is 0 Å². The van der Waals surface area contributed by atoms with Crippen molar-refractivity contribution in [2.24, 2.45) is 5.92 Å². The number of hydrogen-bond acceptors (Lipinski definition) is 2. The molecule has 0 saturated carbocycles. The fraction of sp³-hybridized carbons (Fsp3) is 0.923. The molecule has 1 N–H and O–H groups in total. The van der Waals surface area contributed by atoms with Gasteiger partial charge in [-0.15, -0.1) is 0 Å². The molecule has 0 heterocycles. The summed E-state index contributed by atoms with van der Waals surface area (Å²) in [6, 6.07) is 0. The van der Waals surface area contributed by atoms with Gasteiger partial charge in [-0.3, -0.25) is 4.79 Å². The smallest absolute Gasteiger partial charge is 0.138 e. The Balaban J connectivity index is 3.63. The summed E-state index contributed by atoms with van der Waals surface area (Å²) in [4.78, 5) is 11.7. The second-order valence-corrected chi connectivity index (χ2v) is 4.30. The molecule has 0 amide bonds. The number of carbonyl (C=O) groups is 1. The van der Waals surface area contributed by atoms with Crippen molar-refractivity contribution in [3.05, 3.63) is 0 Å². The number of ketones is 1. The Hall–Kier alpha value is -0.370. The van der Waals surface area contributed by atoms with Crippen molar-refractivity contribution in [3.8, 4) is 0 Å². The first-order valence-electron chi connectivity index (χ1n) is 6.39. The summed E-state index contributed by atoms with van der Waals surface area (Å²) < 4.78 is 0. The van der Waals surface area contributed by atoms with Crippen molar-refractivity contribution in [1.29, 1.82) is 0 Å². The zero-order chi connectivity index (χ0) is 11.5. The van der Waals surface area contributed by atoms with Crippen LogP contribution in [-0.2, 0) is 4.79 Å². The lowest BCUT2D eigenvalue weighted by molar-refractivity contribution is -0.124. The molecule has 0 aliphatic heterocycles. The van der Waals surface area contributed by atoms with E-state index in [2.05, 4.69) is 13.8 Å². The van der Waals surface area contributed by atoms with E-state index in [9.17, 15) is 4.79 Å². The van der Waals surface area contributed by atoms with Crippen molar-refractivity contribution >= 4 is 5.78 Å². The molecule has 90 valence electrons. The molecule has 0 radical (unpaired) electrons. The molecule has 0 bridgehead atoms. The molecule has 2 heteroatoms. The lowest BCUT2D eigenvalue weighted by atomic mass is 9.94. The normalized spacial score (nSPS) is 12.7. The van der Waals surface area contributed by atoms with Gasteiger partial charge < -0.3 is 5.11 Å². The summed E-state index contributed by atoms with van der Waals surface area (Å²) in [6.45, 7) is 4.31. The van der Waals surface area contributed by atoms with E-state index < -0.39 is 0 Å². The van der Waals surface area contributed by atoms with E-state index >= 15 is 0 Å². The molecule has 0 rings (SSSR count). The fourth-order valence-electron chi connectivity index (χ4n) is 1.73. The van der Waals surface area contributed by atoms with Crippen LogP contribution in [0, 0.1) is 5.92 Å². The van der Waals surface area contributed by atoms with E-state index in [-0.39, 0.29) is 18.3 Å². The van der Waals surface area contributed by atoms with E-state index in [0.717, 1.165) is 32.1 Å². The summed E-state index contributed by atoms with van der Waals surface area (Å²) in [6.07, 6.45) is 8.23. The number of aliphatic hydroxyl groups excluding tert-OH is 1. The molecule has 0 saturated heterocycles. The van der Waals surface area contributed by atoms with E-state index in [1.165, 1.54) is 12.8 Å². The number of hydrogen-bond donors (Lipinski definition) is 1. The third-order valence-corrected chi connectivity index (χ3v) is 2.86. The summed E-state index contributed by atoms with van der Waals surface area (Å²) in [5.41, 5.74) is 0. The van der Waals surface area contributed by atoms with Gasteiger partial charge in [0, 0.05) is 12.3 Å². The number of aliphatic hydroxyl groups is 1. The summed E-state index contributed by atoms with van der Waals surface area (Å²) in [7, 11) is 0. The van der Waals surface area contributed by atoms with Crippen LogP contribution in [0.4, 0.5) is 0 Å². The molecule has 0 aromatic heterocycles. The van der Waals surface area contributed by atoms with Crippen LogP contribution in [0.15, 0.2) is 0 Å². The molecule has 1 unspecified atom stereocenters. The molecular weight excluding hydrogens is 188 g/mol. The molecule has 0 spiro atoms. The second kappa shape index (κ2) is 10.2. The van der Waals surface area contributed by atoms with E-state index in [0.29, 0.717) is 6.42 Å². The summed E-state index contributed by atoms with van der Waals surface area (Å²) in [5, 5.41) is 9.10. The van der Waals surface area contributed by atoms with Crippen molar-refractivity contribution in [2.45, 2.75) is 65.2 Å². The van der Waals surface area contributed by atoms with Crippen LogP contribution >= 0.6 is 0 Å². The molecule has 0 aliphatic carbocycles. The highest BCUT2D eigenvalue weighted by Gasteiger charge is 2.15. The molecule has 0 fully saturated rings. The van der Waals surface area contributed by atoms with E-state index in [1.807, 2.05) is 0 Å². The van der Waals surface area contributed by atoms with Crippen LogP contribution < -0.4 is 0 Å². The largest absolute Gasteiger partial charge is 0.396 e. The highest BCUT2D eigenvalue weighted by Crippen LogP contribution is 2.13. The Labute approximate surface area is 94.1 Å². The number of Topliss-reactive ketones (excluding diaryl/α,β-unsaturated/α-hetero) is 1. The Morgan fingerprint density at radius 2 is 1.73 bits per heavy atom.